The molecular weight excluding hydrogens is 456 g/mol. The molecule has 3 aromatic rings. The quantitative estimate of drug-likeness (QED) is 0.175. The van der Waals surface area contributed by atoms with Gasteiger partial charge in [0.1, 0.15) is 12.4 Å². The molecule has 29 heavy (non-hydrogen) atoms. The SMILES string of the molecule is N#CC(=Cc1ccc(OCc2cccc([N+](=O)[O-])c2)c(Br)c1)c1ccccc1Cl. The van der Waals surface area contributed by atoms with E-state index in [0.717, 1.165) is 5.56 Å². The van der Waals surface area contributed by atoms with E-state index in [1.54, 1.807) is 36.4 Å². The summed E-state index contributed by atoms with van der Waals surface area (Å²) in [5.74, 6) is 0.588. The number of ether oxygens (including phenoxy) is 1. The summed E-state index contributed by atoms with van der Waals surface area (Å²) >= 11 is 9.66. The van der Waals surface area contributed by atoms with Crippen LogP contribution >= 0.6 is 27.5 Å². The number of rotatable bonds is 6. The van der Waals surface area contributed by atoms with Gasteiger partial charge in [-0.3, -0.25) is 10.1 Å². The summed E-state index contributed by atoms with van der Waals surface area (Å²) in [5.41, 5.74) is 2.64. The topological polar surface area (TPSA) is 76.2 Å². The van der Waals surface area contributed by atoms with Gasteiger partial charge in [0, 0.05) is 22.7 Å². The molecule has 0 saturated carbocycles. The number of benzene rings is 3. The zero-order valence-electron chi connectivity index (χ0n) is 15.0. The molecule has 0 aromatic heterocycles. The Morgan fingerprint density at radius 3 is 2.66 bits per heavy atom. The Morgan fingerprint density at radius 1 is 1.17 bits per heavy atom. The van der Waals surface area contributed by atoms with Crippen LogP contribution < -0.4 is 4.74 Å². The Hall–Kier alpha value is -3.14. The number of nitro groups is 1. The van der Waals surface area contributed by atoms with Crippen molar-refractivity contribution >= 4 is 44.9 Å². The molecule has 3 aromatic carbocycles. The van der Waals surface area contributed by atoms with Crippen molar-refractivity contribution < 1.29 is 9.66 Å². The van der Waals surface area contributed by atoms with Crippen molar-refractivity contribution in [3.8, 4) is 11.8 Å². The highest BCUT2D eigenvalue weighted by atomic mass is 79.9. The van der Waals surface area contributed by atoms with Crippen molar-refractivity contribution in [2.75, 3.05) is 0 Å². The highest BCUT2D eigenvalue weighted by Gasteiger charge is 2.09. The normalized spacial score (nSPS) is 11.0. The zero-order chi connectivity index (χ0) is 20.8. The van der Waals surface area contributed by atoms with Crippen LogP contribution in [0.1, 0.15) is 16.7 Å². The molecule has 0 radical (unpaired) electrons. The fourth-order valence-corrected chi connectivity index (χ4v) is 3.41. The third-order valence-electron chi connectivity index (χ3n) is 4.07. The highest BCUT2D eigenvalue weighted by Crippen LogP contribution is 2.30. The van der Waals surface area contributed by atoms with Gasteiger partial charge in [0.05, 0.1) is 21.0 Å². The van der Waals surface area contributed by atoms with Crippen LogP contribution in [0.4, 0.5) is 5.69 Å². The first-order valence-electron chi connectivity index (χ1n) is 8.50. The van der Waals surface area contributed by atoms with E-state index in [2.05, 4.69) is 22.0 Å². The van der Waals surface area contributed by atoms with Crippen LogP contribution in [-0.2, 0) is 6.61 Å². The van der Waals surface area contributed by atoms with Gasteiger partial charge in [-0.25, -0.2) is 0 Å². The lowest BCUT2D eigenvalue weighted by molar-refractivity contribution is -0.384. The van der Waals surface area contributed by atoms with Crippen LogP contribution in [0.25, 0.3) is 11.6 Å². The van der Waals surface area contributed by atoms with E-state index in [9.17, 15) is 15.4 Å². The highest BCUT2D eigenvalue weighted by molar-refractivity contribution is 9.10. The summed E-state index contributed by atoms with van der Waals surface area (Å²) in [5, 5.41) is 20.9. The van der Waals surface area contributed by atoms with Crippen molar-refractivity contribution in [2.45, 2.75) is 6.61 Å². The van der Waals surface area contributed by atoms with Gasteiger partial charge < -0.3 is 4.74 Å². The number of nitro benzene ring substituents is 1. The summed E-state index contributed by atoms with van der Waals surface area (Å²) in [7, 11) is 0. The Morgan fingerprint density at radius 2 is 1.97 bits per heavy atom. The molecule has 144 valence electrons. The maximum absolute atomic E-state index is 10.9. The second-order valence-corrected chi connectivity index (χ2v) is 7.32. The molecule has 0 aliphatic carbocycles. The summed E-state index contributed by atoms with van der Waals surface area (Å²) in [4.78, 5) is 10.4. The van der Waals surface area contributed by atoms with E-state index in [-0.39, 0.29) is 12.3 Å². The lowest BCUT2D eigenvalue weighted by atomic mass is 10.0. The number of hydrogen-bond donors (Lipinski definition) is 0. The minimum Gasteiger partial charge on any atom is -0.488 e. The maximum Gasteiger partial charge on any atom is 0.269 e. The number of allylic oxidation sites excluding steroid dienone is 1. The monoisotopic (exact) mass is 468 g/mol. The molecule has 0 atom stereocenters. The first kappa shape index (κ1) is 20.6. The van der Waals surface area contributed by atoms with Crippen LogP contribution in [-0.4, -0.2) is 4.92 Å². The number of hydrogen-bond acceptors (Lipinski definition) is 4. The molecule has 0 N–H and O–H groups in total. The number of halogens is 2. The molecule has 0 spiro atoms. The predicted octanol–water partition coefficient (Wildman–Crippen LogP) is 6.65. The van der Waals surface area contributed by atoms with E-state index < -0.39 is 4.92 Å². The minimum atomic E-state index is -0.438. The van der Waals surface area contributed by atoms with E-state index in [0.29, 0.717) is 31.9 Å². The van der Waals surface area contributed by atoms with Gasteiger partial charge in [-0.15, -0.1) is 0 Å². The van der Waals surface area contributed by atoms with E-state index in [1.807, 2.05) is 24.3 Å². The minimum absolute atomic E-state index is 0.0225. The van der Waals surface area contributed by atoms with Crippen LogP contribution in [0, 0.1) is 21.4 Å². The molecule has 0 unspecified atom stereocenters. The van der Waals surface area contributed by atoms with Gasteiger partial charge in [-0.05, 0) is 51.3 Å². The third kappa shape index (κ3) is 5.23. The lowest BCUT2D eigenvalue weighted by Gasteiger charge is -2.09. The fourth-order valence-electron chi connectivity index (χ4n) is 2.66. The first-order chi connectivity index (χ1) is 14.0. The summed E-state index contributed by atoms with van der Waals surface area (Å²) < 4.78 is 6.47. The van der Waals surface area contributed by atoms with Crippen molar-refractivity contribution in [1.82, 2.24) is 0 Å². The molecule has 5 nitrogen and oxygen atoms in total. The van der Waals surface area contributed by atoms with Crippen LogP contribution in [0.5, 0.6) is 5.75 Å². The predicted molar refractivity (Wildman–Crippen MR) is 117 cm³/mol. The maximum atomic E-state index is 10.9. The molecule has 0 bridgehead atoms. The van der Waals surface area contributed by atoms with Crippen molar-refractivity contribution in [3.63, 3.8) is 0 Å². The van der Waals surface area contributed by atoms with Crippen molar-refractivity contribution in [3.05, 3.63) is 103 Å². The van der Waals surface area contributed by atoms with Gasteiger partial charge >= 0.3 is 0 Å². The zero-order valence-corrected chi connectivity index (χ0v) is 17.4. The molecule has 0 aliphatic rings. The second-order valence-electron chi connectivity index (χ2n) is 6.06. The second kappa shape index (κ2) is 9.37. The summed E-state index contributed by atoms with van der Waals surface area (Å²) in [6.07, 6.45) is 1.75. The molecule has 0 amide bonds. The Bertz CT molecular complexity index is 1140. The molecule has 0 saturated heterocycles. The van der Waals surface area contributed by atoms with Crippen LogP contribution in [0.3, 0.4) is 0 Å². The molecule has 0 aliphatic heterocycles. The Balaban J connectivity index is 1.78. The van der Waals surface area contributed by atoms with Crippen molar-refractivity contribution in [2.24, 2.45) is 0 Å². The molecule has 7 heteroatoms. The largest absolute Gasteiger partial charge is 0.488 e. The number of non-ortho nitro benzene ring substituents is 1. The van der Waals surface area contributed by atoms with Gasteiger partial charge in [-0.2, -0.15) is 5.26 Å². The van der Waals surface area contributed by atoms with E-state index in [4.69, 9.17) is 16.3 Å². The molecule has 0 heterocycles. The van der Waals surface area contributed by atoms with Gasteiger partial charge in [0.25, 0.3) is 5.69 Å². The standard InChI is InChI=1S/C22H14BrClN2O3/c23-20-12-15(10-17(13-25)19-6-1-2-7-21(19)24)8-9-22(20)29-14-16-4-3-5-18(11-16)26(27)28/h1-12H,14H2. The van der Waals surface area contributed by atoms with E-state index in [1.165, 1.54) is 12.1 Å². The Labute approximate surface area is 181 Å². The average molecular weight is 470 g/mol. The van der Waals surface area contributed by atoms with Gasteiger partial charge in [-0.1, -0.05) is 48.0 Å². The fraction of sp³-hybridized carbons (Fsp3) is 0.0455. The summed E-state index contributed by atoms with van der Waals surface area (Å²) in [6, 6.07) is 21.1. The smallest absolute Gasteiger partial charge is 0.269 e. The molecule has 0 fully saturated rings. The molecule has 3 rings (SSSR count). The van der Waals surface area contributed by atoms with Gasteiger partial charge in [0.2, 0.25) is 0 Å². The average Bonchev–Trinajstić information content (AvgIpc) is 2.72. The van der Waals surface area contributed by atoms with Gasteiger partial charge in [0.15, 0.2) is 0 Å². The third-order valence-corrected chi connectivity index (χ3v) is 5.02. The van der Waals surface area contributed by atoms with Crippen molar-refractivity contribution in [1.29, 1.82) is 5.26 Å². The first-order valence-corrected chi connectivity index (χ1v) is 9.67. The Kier molecular flexibility index (Phi) is 6.65. The van der Waals surface area contributed by atoms with Crippen LogP contribution in [0.15, 0.2) is 71.2 Å². The number of nitrogens with zero attached hydrogens (tertiary/aromatic N) is 2. The molecular formula is C22H14BrClN2O3. The number of nitriles is 1. The lowest BCUT2D eigenvalue weighted by Crippen LogP contribution is -1.97. The summed E-state index contributed by atoms with van der Waals surface area (Å²) in [6.45, 7) is 0.193. The van der Waals surface area contributed by atoms with Crippen LogP contribution in [0.2, 0.25) is 5.02 Å². The van der Waals surface area contributed by atoms with E-state index >= 15 is 0 Å².